The van der Waals surface area contributed by atoms with Crippen molar-refractivity contribution in [2.45, 2.75) is 6.04 Å². The lowest BCUT2D eigenvalue weighted by atomic mass is 10.1. The predicted molar refractivity (Wildman–Crippen MR) is 74.3 cm³/mol. The van der Waals surface area contributed by atoms with E-state index in [1.54, 1.807) is 11.3 Å². The van der Waals surface area contributed by atoms with Crippen LogP contribution in [0.4, 0.5) is 0 Å². The van der Waals surface area contributed by atoms with Gasteiger partial charge in [-0.15, -0.1) is 0 Å². The van der Waals surface area contributed by atoms with E-state index in [1.807, 2.05) is 41.1 Å². The van der Waals surface area contributed by atoms with Crippen molar-refractivity contribution < 1.29 is 4.42 Å². The predicted octanol–water partition coefficient (Wildman–Crippen LogP) is 4.30. The number of furan rings is 1. The maximum absolute atomic E-state index is 6.21. The molecule has 0 spiro atoms. The first-order valence-electron chi connectivity index (χ1n) is 5.21. The van der Waals surface area contributed by atoms with Crippen LogP contribution in [0.1, 0.15) is 17.4 Å². The molecule has 0 aliphatic carbocycles. The molecule has 0 aliphatic heterocycles. The van der Waals surface area contributed by atoms with Crippen molar-refractivity contribution in [1.29, 1.82) is 0 Å². The van der Waals surface area contributed by atoms with Crippen LogP contribution in [-0.2, 0) is 0 Å². The van der Waals surface area contributed by atoms with Crippen LogP contribution in [0.5, 0.6) is 0 Å². The van der Waals surface area contributed by atoms with Gasteiger partial charge in [-0.1, -0.05) is 18.2 Å². The molecule has 17 heavy (non-hydrogen) atoms. The Morgan fingerprint density at radius 2 is 2.06 bits per heavy atom. The Bertz CT molecular complexity index is 625. The second kappa shape index (κ2) is 4.29. The quantitative estimate of drug-likeness (QED) is 0.766. The van der Waals surface area contributed by atoms with Gasteiger partial charge < -0.3 is 10.2 Å². The van der Waals surface area contributed by atoms with Crippen molar-refractivity contribution in [2.75, 3.05) is 0 Å². The van der Waals surface area contributed by atoms with Crippen molar-refractivity contribution in [1.82, 2.24) is 0 Å². The highest BCUT2D eigenvalue weighted by molar-refractivity contribution is 9.10. The molecule has 2 aromatic heterocycles. The molecule has 4 heteroatoms. The van der Waals surface area contributed by atoms with Gasteiger partial charge in [-0.25, -0.2) is 0 Å². The SMILES string of the molecule is NC(c1cc2ccccc2o1)c1cscc1Br. The van der Waals surface area contributed by atoms with Gasteiger partial charge in [-0.05, 0) is 33.4 Å². The first kappa shape index (κ1) is 11.0. The zero-order chi connectivity index (χ0) is 11.8. The third-order valence-corrected chi connectivity index (χ3v) is 4.48. The molecule has 0 radical (unpaired) electrons. The minimum absolute atomic E-state index is 0.219. The maximum Gasteiger partial charge on any atom is 0.134 e. The fourth-order valence-electron chi connectivity index (χ4n) is 1.82. The Kier molecular flexibility index (Phi) is 2.78. The number of halogens is 1. The molecule has 0 bridgehead atoms. The summed E-state index contributed by atoms with van der Waals surface area (Å²) in [6.07, 6.45) is 0. The van der Waals surface area contributed by atoms with E-state index < -0.39 is 0 Å². The van der Waals surface area contributed by atoms with Gasteiger partial charge in [-0.2, -0.15) is 11.3 Å². The molecule has 2 heterocycles. The average molecular weight is 308 g/mol. The molecule has 3 aromatic rings. The van der Waals surface area contributed by atoms with Gasteiger partial charge >= 0.3 is 0 Å². The van der Waals surface area contributed by atoms with E-state index in [1.165, 1.54) is 0 Å². The number of benzene rings is 1. The molecule has 0 fully saturated rings. The smallest absolute Gasteiger partial charge is 0.134 e. The Morgan fingerprint density at radius 3 is 2.76 bits per heavy atom. The van der Waals surface area contributed by atoms with E-state index in [-0.39, 0.29) is 6.04 Å². The van der Waals surface area contributed by atoms with Crippen LogP contribution in [0.2, 0.25) is 0 Å². The largest absolute Gasteiger partial charge is 0.459 e. The molecule has 1 unspecified atom stereocenters. The van der Waals surface area contributed by atoms with Crippen molar-refractivity contribution in [3.05, 3.63) is 56.9 Å². The normalized spacial score (nSPS) is 13.1. The van der Waals surface area contributed by atoms with Crippen LogP contribution in [0.3, 0.4) is 0 Å². The Labute approximate surface area is 111 Å². The molecular formula is C13H10BrNOS. The summed E-state index contributed by atoms with van der Waals surface area (Å²) < 4.78 is 6.80. The zero-order valence-electron chi connectivity index (χ0n) is 8.89. The van der Waals surface area contributed by atoms with Crippen LogP contribution >= 0.6 is 27.3 Å². The van der Waals surface area contributed by atoms with Crippen molar-refractivity contribution in [3.8, 4) is 0 Å². The lowest BCUT2D eigenvalue weighted by molar-refractivity contribution is 0.525. The summed E-state index contributed by atoms with van der Waals surface area (Å²) in [7, 11) is 0. The first-order valence-corrected chi connectivity index (χ1v) is 6.95. The number of rotatable bonds is 2. The molecule has 3 rings (SSSR count). The molecule has 0 amide bonds. The zero-order valence-corrected chi connectivity index (χ0v) is 11.3. The Hall–Kier alpha value is -1.10. The molecular weight excluding hydrogens is 298 g/mol. The minimum atomic E-state index is -0.219. The van der Waals surface area contributed by atoms with Gasteiger partial charge in [0, 0.05) is 20.8 Å². The summed E-state index contributed by atoms with van der Waals surface area (Å²) in [5.41, 5.74) is 8.15. The second-order valence-electron chi connectivity index (χ2n) is 3.84. The third-order valence-electron chi connectivity index (χ3n) is 2.73. The number of thiophene rings is 1. The van der Waals surface area contributed by atoms with Crippen molar-refractivity contribution >= 4 is 38.2 Å². The molecule has 0 saturated carbocycles. The number of hydrogen-bond donors (Lipinski definition) is 1. The van der Waals surface area contributed by atoms with Gasteiger partial charge in [-0.3, -0.25) is 0 Å². The third kappa shape index (κ3) is 1.92. The molecule has 0 saturated heterocycles. The summed E-state index contributed by atoms with van der Waals surface area (Å²) in [6.45, 7) is 0. The molecule has 2 nitrogen and oxygen atoms in total. The maximum atomic E-state index is 6.21. The number of para-hydroxylation sites is 1. The van der Waals surface area contributed by atoms with Crippen LogP contribution in [0.15, 0.2) is 50.0 Å². The van der Waals surface area contributed by atoms with E-state index in [0.717, 1.165) is 26.8 Å². The lowest BCUT2D eigenvalue weighted by Gasteiger charge is -2.06. The standard InChI is InChI=1S/C13H10BrNOS/c14-10-7-17-6-9(10)13(15)12-5-8-3-1-2-4-11(8)16-12/h1-7,13H,15H2. The fraction of sp³-hybridized carbons (Fsp3) is 0.0769. The Balaban J connectivity index is 2.07. The summed E-state index contributed by atoms with van der Waals surface area (Å²) in [6, 6.07) is 9.72. The molecule has 1 atom stereocenters. The first-order chi connectivity index (χ1) is 8.25. The fourth-order valence-corrected chi connectivity index (χ4v) is 3.40. The lowest BCUT2D eigenvalue weighted by Crippen LogP contribution is -2.10. The van der Waals surface area contributed by atoms with Gasteiger partial charge in [0.25, 0.3) is 0 Å². The number of hydrogen-bond acceptors (Lipinski definition) is 3. The average Bonchev–Trinajstić information content (AvgIpc) is 2.93. The molecule has 86 valence electrons. The Morgan fingerprint density at radius 1 is 1.24 bits per heavy atom. The molecule has 2 N–H and O–H groups in total. The van der Waals surface area contributed by atoms with Gasteiger partial charge in [0.05, 0.1) is 6.04 Å². The number of nitrogens with two attached hydrogens (primary N) is 1. The van der Waals surface area contributed by atoms with E-state index in [9.17, 15) is 0 Å². The highest BCUT2D eigenvalue weighted by Gasteiger charge is 2.17. The van der Waals surface area contributed by atoms with Crippen LogP contribution in [-0.4, -0.2) is 0 Å². The molecule has 1 aromatic carbocycles. The number of fused-ring (bicyclic) bond motifs is 1. The summed E-state index contributed by atoms with van der Waals surface area (Å²) >= 11 is 5.12. The summed E-state index contributed by atoms with van der Waals surface area (Å²) in [4.78, 5) is 0. The molecule has 0 aliphatic rings. The second-order valence-corrected chi connectivity index (χ2v) is 5.44. The minimum Gasteiger partial charge on any atom is -0.459 e. The van der Waals surface area contributed by atoms with Crippen LogP contribution < -0.4 is 5.73 Å². The van der Waals surface area contributed by atoms with Gasteiger partial charge in [0.1, 0.15) is 11.3 Å². The van der Waals surface area contributed by atoms with Crippen molar-refractivity contribution in [3.63, 3.8) is 0 Å². The van der Waals surface area contributed by atoms with E-state index in [0.29, 0.717) is 0 Å². The summed E-state index contributed by atoms with van der Waals surface area (Å²) in [5, 5.41) is 5.16. The highest BCUT2D eigenvalue weighted by Crippen LogP contribution is 2.32. The monoisotopic (exact) mass is 307 g/mol. The van der Waals surface area contributed by atoms with Gasteiger partial charge in [0.15, 0.2) is 0 Å². The summed E-state index contributed by atoms with van der Waals surface area (Å²) in [5.74, 6) is 0.797. The van der Waals surface area contributed by atoms with Crippen LogP contribution in [0.25, 0.3) is 11.0 Å². The highest BCUT2D eigenvalue weighted by atomic mass is 79.9. The van der Waals surface area contributed by atoms with E-state index in [4.69, 9.17) is 10.2 Å². The van der Waals surface area contributed by atoms with Crippen molar-refractivity contribution in [2.24, 2.45) is 5.73 Å². The van der Waals surface area contributed by atoms with E-state index in [2.05, 4.69) is 15.9 Å². The van der Waals surface area contributed by atoms with Crippen LogP contribution in [0, 0.1) is 0 Å². The van der Waals surface area contributed by atoms with Gasteiger partial charge in [0.2, 0.25) is 0 Å². The van der Waals surface area contributed by atoms with E-state index >= 15 is 0 Å². The topological polar surface area (TPSA) is 39.2 Å².